The van der Waals surface area contributed by atoms with E-state index in [1.807, 2.05) is 79.0 Å². The minimum absolute atomic E-state index is 0.293. The summed E-state index contributed by atoms with van der Waals surface area (Å²) in [7, 11) is -3.51. The molecule has 0 saturated heterocycles. The summed E-state index contributed by atoms with van der Waals surface area (Å²) in [5.41, 5.74) is 4.17. The molecule has 0 bridgehead atoms. The molecule has 5 rings (SSSR count). The second kappa shape index (κ2) is 7.07. The highest BCUT2D eigenvalue weighted by Crippen LogP contribution is 2.43. The van der Waals surface area contributed by atoms with Gasteiger partial charge in [-0.05, 0) is 29.3 Å². The average Bonchev–Trinajstić information content (AvgIpc) is 3.31. The molecule has 0 saturated carbocycles. The van der Waals surface area contributed by atoms with E-state index in [4.69, 9.17) is 4.42 Å². The summed E-state index contributed by atoms with van der Waals surface area (Å²) < 4.78 is 33.4. The smallest absolute Gasteiger partial charge is 0.229 e. The van der Waals surface area contributed by atoms with Crippen molar-refractivity contribution in [3.05, 3.63) is 102 Å². The molecule has 5 nitrogen and oxygen atoms in total. The van der Waals surface area contributed by atoms with E-state index in [0.717, 1.165) is 33.7 Å². The molecule has 6 heteroatoms. The lowest BCUT2D eigenvalue weighted by atomic mass is 9.88. The maximum Gasteiger partial charge on any atom is 0.229 e. The van der Waals surface area contributed by atoms with Crippen LogP contribution in [-0.4, -0.2) is 19.7 Å². The van der Waals surface area contributed by atoms with E-state index in [-0.39, 0.29) is 5.92 Å². The number of fused-ring (bicyclic) bond motifs is 2. The van der Waals surface area contributed by atoms with Gasteiger partial charge in [-0.15, -0.1) is 0 Å². The van der Waals surface area contributed by atoms with Crippen LogP contribution in [-0.2, 0) is 10.0 Å². The largest absolute Gasteiger partial charge is 0.458 e. The lowest BCUT2D eigenvalue weighted by Gasteiger charge is -2.17. The third-order valence-corrected chi connectivity index (χ3v) is 5.81. The molecule has 3 aromatic carbocycles. The van der Waals surface area contributed by atoms with Gasteiger partial charge in [-0.1, -0.05) is 60.7 Å². The number of aromatic amines is 1. The van der Waals surface area contributed by atoms with Crippen LogP contribution in [0, 0.1) is 0 Å². The van der Waals surface area contributed by atoms with Crippen molar-refractivity contribution in [1.29, 1.82) is 0 Å². The Kier molecular flexibility index (Phi) is 4.37. The summed E-state index contributed by atoms with van der Waals surface area (Å²) in [6, 6.07) is 25.5. The van der Waals surface area contributed by atoms with Gasteiger partial charge in [0, 0.05) is 22.5 Å². The second-order valence-corrected chi connectivity index (χ2v) is 9.09. The van der Waals surface area contributed by atoms with Crippen molar-refractivity contribution < 1.29 is 12.8 Å². The molecule has 0 amide bonds. The number of furan rings is 1. The van der Waals surface area contributed by atoms with Crippen LogP contribution in [0.2, 0.25) is 0 Å². The van der Waals surface area contributed by atoms with Crippen LogP contribution in [0.5, 0.6) is 0 Å². The SMILES string of the molecule is CS(=O)(=O)Nc1c(C(c2ccccc2)c2c[nH]c3ccccc23)oc2ccccc12. The molecule has 30 heavy (non-hydrogen) atoms. The molecule has 0 aliphatic carbocycles. The quantitative estimate of drug-likeness (QED) is 0.399. The highest BCUT2D eigenvalue weighted by molar-refractivity contribution is 7.92. The molecule has 0 aliphatic heterocycles. The number of benzene rings is 3. The normalized spacial score (nSPS) is 13.0. The summed E-state index contributed by atoms with van der Waals surface area (Å²) in [6.07, 6.45) is 3.13. The van der Waals surface area contributed by atoms with E-state index in [2.05, 4.69) is 15.8 Å². The van der Waals surface area contributed by atoms with Gasteiger partial charge in [-0.3, -0.25) is 4.72 Å². The zero-order valence-electron chi connectivity index (χ0n) is 16.3. The van der Waals surface area contributed by atoms with Crippen LogP contribution < -0.4 is 4.72 Å². The Labute approximate surface area is 174 Å². The first-order valence-electron chi connectivity index (χ1n) is 9.61. The maximum atomic E-state index is 12.2. The second-order valence-electron chi connectivity index (χ2n) is 7.34. The van der Waals surface area contributed by atoms with Gasteiger partial charge in [0.15, 0.2) is 0 Å². The molecular formula is C24H20N2O3S. The van der Waals surface area contributed by atoms with Gasteiger partial charge in [-0.2, -0.15) is 0 Å². The van der Waals surface area contributed by atoms with Crippen molar-refractivity contribution in [2.75, 3.05) is 11.0 Å². The number of H-pyrrole nitrogens is 1. The number of hydrogen-bond donors (Lipinski definition) is 2. The van der Waals surface area contributed by atoms with Crippen LogP contribution in [0.3, 0.4) is 0 Å². The molecule has 5 aromatic rings. The van der Waals surface area contributed by atoms with Crippen molar-refractivity contribution in [3.8, 4) is 0 Å². The third-order valence-electron chi connectivity index (χ3n) is 5.24. The molecule has 2 N–H and O–H groups in total. The molecule has 0 radical (unpaired) electrons. The number of nitrogens with one attached hydrogen (secondary N) is 2. The minimum Gasteiger partial charge on any atom is -0.458 e. The maximum absolute atomic E-state index is 12.2. The highest BCUT2D eigenvalue weighted by atomic mass is 32.2. The monoisotopic (exact) mass is 416 g/mol. The fraction of sp³-hybridized carbons (Fsp3) is 0.0833. The molecule has 0 fully saturated rings. The van der Waals surface area contributed by atoms with Crippen molar-refractivity contribution >= 4 is 37.6 Å². The molecule has 0 spiro atoms. The fourth-order valence-electron chi connectivity index (χ4n) is 4.01. The molecular weight excluding hydrogens is 396 g/mol. The van der Waals surface area contributed by atoms with Crippen molar-refractivity contribution in [2.24, 2.45) is 0 Å². The van der Waals surface area contributed by atoms with Crippen LogP contribution in [0.25, 0.3) is 21.9 Å². The summed E-state index contributed by atoms with van der Waals surface area (Å²) >= 11 is 0. The van der Waals surface area contributed by atoms with Gasteiger partial charge in [0.1, 0.15) is 11.3 Å². The summed E-state index contributed by atoms with van der Waals surface area (Å²) in [5.74, 6) is 0.275. The summed E-state index contributed by atoms with van der Waals surface area (Å²) in [5, 5.41) is 1.80. The lowest BCUT2D eigenvalue weighted by Crippen LogP contribution is -2.12. The number of aromatic nitrogens is 1. The lowest BCUT2D eigenvalue weighted by molar-refractivity contribution is 0.544. The van der Waals surface area contributed by atoms with E-state index in [1.165, 1.54) is 0 Å². The van der Waals surface area contributed by atoms with E-state index in [1.54, 1.807) is 0 Å². The predicted molar refractivity (Wildman–Crippen MR) is 120 cm³/mol. The first-order chi connectivity index (χ1) is 14.5. The van der Waals surface area contributed by atoms with Crippen LogP contribution >= 0.6 is 0 Å². The van der Waals surface area contributed by atoms with Crippen molar-refractivity contribution in [1.82, 2.24) is 4.98 Å². The van der Waals surface area contributed by atoms with Crippen molar-refractivity contribution in [2.45, 2.75) is 5.92 Å². The number of anilines is 1. The third kappa shape index (κ3) is 3.25. The zero-order valence-corrected chi connectivity index (χ0v) is 17.1. The summed E-state index contributed by atoms with van der Waals surface area (Å²) in [6.45, 7) is 0. The van der Waals surface area contributed by atoms with Crippen LogP contribution in [0.1, 0.15) is 22.8 Å². The van der Waals surface area contributed by atoms with Gasteiger partial charge < -0.3 is 9.40 Å². The number of para-hydroxylation sites is 2. The topological polar surface area (TPSA) is 75.1 Å². The highest BCUT2D eigenvalue weighted by Gasteiger charge is 2.29. The Balaban J connectivity index is 1.83. The van der Waals surface area contributed by atoms with E-state index < -0.39 is 10.0 Å². The molecule has 1 unspecified atom stereocenters. The molecule has 2 heterocycles. The Morgan fingerprint density at radius 3 is 2.30 bits per heavy atom. The minimum atomic E-state index is -3.51. The first-order valence-corrected chi connectivity index (χ1v) is 11.5. The number of sulfonamides is 1. The summed E-state index contributed by atoms with van der Waals surface area (Å²) in [4.78, 5) is 3.33. The molecule has 0 aliphatic rings. The molecule has 2 aromatic heterocycles. The van der Waals surface area contributed by atoms with Gasteiger partial charge in [0.25, 0.3) is 0 Å². The zero-order chi connectivity index (χ0) is 20.7. The molecule has 1 atom stereocenters. The Bertz CT molecular complexity index is 1450. The van der Waals surface area contributed by atoms with Crippen LogP contribution in [0.15, 0.2) is 89.5 Å². The number of rotatable bonds is 5. The van der Waals surface area contributed by atoms with Crippen LogP contribution in [0.4, 0.5) is 5.69 Å². The predicted octanol–water partition coefficient (Wildman–Crippen LogP) is 5.47. The van der Waals surface area contributed by atoms with Gasteiger partial charge >= 0.3 is 0 Å². The van der Waals surface area contributed by atoms with Crippen molar-refractivity contribution in [3.63, 3.8) is 0 Å². The van der Waals surface area contributed by atoms with E-state index in [0.29, 0.717) is 17.0 Å². The average molecular weight is 417 g/mol. The Morgan fingerprint density at radius 1 is 0.867 bits per heavy atom. The van der Waals surface area contributed by atoms with E-state index >= 15 is 0 Å². The first kappa shape index (κ1) is 18.5. The fourth-order valence-corrected chi connectivity index (χ4v) is 4.59. The Hall–Kier alpha value is -3.51. The molecule has 150 valence electrons. The standard InChI is InChI=1S/C24H20N2O3S/c1-30(27,28)26-23-18-12-6-8-14-21(18)29-24(23)22(16-9-3-2-4-10-16)19-15-25-20-13-7-5-11-17(19)20/h2-15,22,25-26H,1H3. The Morgan fingerprint density at radius 2 is 1.53 bits per heavy atom. The number of hydrogen-bond acceptors (Lipinski definition) is 3. The van der Waals surface area contributed by atoms with Gasteiger partial charge in [-0.25, -0.2) is 8.42 Å². The van der Waals surface area contributed by atoms with Gasteiger partial charge in [0.2, 0.25) is 10.0 Å². The van der Waals surface area contributed by atoms with E-state index in [9.17, 15) is 8.42 Å². The van der Waals surface area contributed by atoms with Gasteiger partial charge in [0.05, 0.1) is 17.9 Å².